The normalized spacial score (nSPS) is 18.8. The molecule has 0 aliphatic carbocycles. The third-order valence-electron chi connectivity index (χ3n) is 3.18. The van der Waals surface area contributed by atoms with E-state index in [0.29, 0.717) is 24.8 Å². The van der Waals surface area contributed by atoms with Crippen LogP contribution in [0.25, 0.3) is 0 Å². The molecule has 0 bridgehead atoms. The number of aromatic nitrogens is 1. The van der Waals surface area contributed by atoms with Crippen LogP contribution < -0.4 is 4.74 Å². The fourth-order valence-corrected chi connectivity index (χ4v) is 2.15. The second-order valence-corrected chi connectivity index (χ2v) is 4.60. The second kappa shape index (κ2) is 6.50. The van der Waals surface area contributed by atoms with Crippen molar-refractivity contribution in [2.24, 2.45) is 0 Å². The molecule has 1 aliphatic heterocycles. The molecule has 98 valence electrons. The van der Waals surface area contributed by atoms with E-state index in [0.717, 1.165) is 31.4 Å². The lowest BCUT2D eigenvalue weighted by Gasteiger charge is -2.08. The minimum Gasteiger partial charge on any atom is -0.481 e. The molecule has 4 nitrogen and oxygen atoms in total. The van der Waals surface area contributed by atoms with Crippen molar-refractivity contribution in [1.29, 1.82) is 0 Å². The molecule has 1 aromatic heterocycles. The number of rotatable bonds is 6. The predicted octanol–water partition coefficient (Wildman–Crippen LogP) is 2.16. The monoisotopic (exact) mass is 249 g/mol. The van der Waals surface area contributed by atoms with Crippen LogP contribution in [-0.4, -0.2) is 30.6 Å². The number of ketones is 1. The summed E-state index contributed by atoms with van der Waals surface area (Å²) >= 11 is 0. The summed E-state index contributed by atoms with van der Waals surface area (Å²) < 4.78 is 10.5. The van der Waals surface area contributed by atoms with Crippen LogP contribution in [0.1, 0.15) is 31.2 Å². The molecule has 0 spiro atoms. The van der Waals surface area contributed by atoms with Crippen molar-refractivity contribution in [2.45, 2.75) is 38.2 Å². The molecule has 0 amide bonds. The Labute approximate surface area is 107 Å². The van der Waals surface area contributed by atoms with Gasteiger partial charge in [-0.1, -0.05) is 6.07 Å². The number of hydrogen-bond donors (Lipinski definition) is 0. The largest absolute Gasteiger partial charge is 0.481 e. The van der Waals surface area contributed by atoms with E-state index in [1.807, 2.05) is 6.07 Å². The number of pyridine rings is 1. The minimum absolute atomic E-state index is 0.248. The number of ether oxygens (including phenoxy) is 2. The van der Waals surface area contributed by atoms with Gasteiger partial charge in [-0.3, -0.25) is 4.79 Å². The number of methoxy groups -OCH3 is 1. The molecule has 18 heavy (non-hydrogen) atoms. The lowest BCUT2D eigenvalue weighted by Crippen LogP contribution is -2.10. The molecule has 0 aromatic carbocycles. The summed E-state index contributed by atoms with van der Waals surface area (Å²) in [6.45, 7) is 0.848. The first-order valence-electron chi connectivity index (χ1n) is 6.40. The molecule has 0 saturated carbocycles. The summed E-state index contributed by atoms with van der Waals surface area (Å²) in [5.41, 5.74) is 0.938. The SMILES string of the molecule is COc1ccc(CC(=O)CCC2CCCO2)cn1. The average molecular weight is 249 g/mol. The van der Waals surface area contributed by atoms with Crippen LogP contribution in [0.3, 0.4) is 0 Å². The fraction of sp³-hybridized carbons (Fsp3) is 0.571. The van der Waals surface area contributed by atoms with E-state index in [1.54, 1.807) is 19.4 Å². The summed E-state index contributed by atoms with van der Waals surface area (Å²) in [5.74, 6) is 0.822. The van der Waals surface area contributed by atoms with Gasteiger partial charge in [-0.25, -0.2) is 4.98 Å². The molecule has 2 rings (SSSR count). The van der Waals surface area contributed by atoms with E-state index in [-0.39, 0.29) is 5.78 Å². The number of carbonyl (C=O) groups excluding carboxylic acids is 1. The molecular weight excluding hydrogens is 230 g/mol. The van der Waals surface area contributed by atoms with Crippen molar-refractivity contribution >= 4 is 5.78 Å². The molecule has 0 N–H and O–H groups in total. The zero-order valence-corrected chi connectivity index (χ0v) is 10.7. The Bertz CT molecular complexity index is 383. The standard InChI is InChI=1S/C14H19NO3/c1-17-14-7-4-11(10-15-14)9-12(16)5-6-13-3-2-8-18-13/h4,7,10,13H,2-3,5-6,8-9H2,1H3. The quantitative estimate of drug-likeness (QED) is 0.775. The Kier molecular flexibility index (Phi) is 4.70. The maximum Gasteiger partial charge on any atom is 0.212 e. The third-order valence-corrected chi connectivity index (χ3v) is 3.18. The predicted molar refractivity (Wildman–Crippen MR) is 67.7 cm³/mol. The smallest absolute Gasteiger partial charge is 0.212 e. The zero-order valence-electron chi connectivity index (χ0n) is 10.7. The topological polar surface area (TPSA) is 48.4 Å². The highest BCUT2D eigenvalue weighted by Gasteiger charge is 2.16. The highest BCUT2D eigenvalue weighted by atomic mass is 16.5. The molecule has 0 radical (unpaired) electrons. The lowest BCUT2D eigenvalue weighted by molar-refractivity contribution is -0.119. The molecule has 1 aromatic rings. The van der Waals surface area contributed by atoms with E-state index >= 15 is 0 Å². The van der Waals surface area contributed by atoms with Gasteiger partial charge in [0.05, 0.1) is 13.2 Å². The summed E-state index contributed by atoms with van der Waals surface area (Å²) in [6.07, 6.45) is 6.10. The van der Waals surface area contributed by atoms with Gasteiger partial charge in [0.15, 0.2) is 0 Å². The van der Waals surface area contributed by atoms with Crippen LogP contribution in [0, 0.1) is 0 Å². The van der Waals surface area contributed by atoms with Crippen LogP contribution in [0.15, 0.2) is 18.3 Å². The van der Waals surface area contributed by atoms with Gasteiger partial charge in [0.1, 0.15) is 5.78 Å². The van der Waals surface area contributed by atoms with Crippen LogP contribution >= 0.6 is 0 Å². The average Bonchev–Trinajstić information content (AvgIpc) is 2.90. The maximum atomic E-state index is 11.8. The van der Waals surface area contributed by atoms with Gasteiger partial charge in [0.25, 0.3) is 0 Å². The van der Waals surface area contributed by atoms with Gasteiger partial charge < -0.3 is 9.47 Å². The molecule has 1 fully saturated rings. The van der Waals surface area contributed by atoms with Crippen molar-refractivity contribution in [3.05, 3.63) is 23.9 Å². The Morgan fingerprint density at radius 3 is 3.06 bits per heavy atom. The van der Waals surface area contributed by atoms with Gasteiger partial charge in [-0.15, -0.1) is 0 Å². The molecule has 4 heteroatoms. The van der Waals surface area contributed by atoms with Crippen molar-refractivity contribution in [3.63, 3.8) is 0 Å². The fourth-order valence-electron chi connectivity index (χ4n) is 2.15. The molecule has 1 atom stereocenters. The molecule has 1 unspecified atom stereocenters. The zero-order chi connectivity index (χ0) is 12.8. The second-order valence-electron chi connectivity index (χ2n) is 4.60. The summed E-state index contributed by atoms with van der Waals surface area (Å²) in [4.78, 5) is 15.9. The first-order chi connectivity index (χ1) is 8.78. The minimum atomic E-state index is 0.248. The number of nitrogens with zero attached hydrogens (tertiary/aromatic N) is 1. The summed E-state index contributed by atoms with van der Waals surface area (Å²) in [5, 5.41) is 0. The van der Waals surface area contributed by atoms with Crippen LogP contribution in [-0.2, 0) is 16.0 Å². The molecule has 1 saturated heterocycles. The Morgan fingerprint density at radius 1 is 1.56 bits per heavy atom. The number of Topliss-reactive ketones (excluding diaryl/α,β-unsaturated/α-hetero) is 1. The van der Waals surface area contributed by atoms with Crippen LogP contribution in [0.4, 0.5) is 0 Å². The Morgan fingerprint density at radius 2 is 2.44 bits per heavy atom. The van der Waals surface area contributed by atoms with Crippen molar-refractivity contribution in [3.8, 4) is 5.88 Å². The highest BCUT2D eigenvalue weighted by Crippen LogP contribution is 2.17. The van der Waals surface area contributed by atoms with Gasteiger partial charge in [-0.2, -0.15) is 0 Å². The molecular formula is C14H19NO3. The number of carbonyl (C=O) groups is 1. The Balaban J connectivity index is 1.75. The van der Waals surface area contributed by atoms with Crippen LogP contribution in [0.5, 0.6) is 5.88 Å². The van der Waals surface area contributed by atoms with Crippen molar-refractivity contribution < 1.29 is 14.3 Å². The highest BCUT2D eigenvalue weighted by molar-refractivity contribution is 5.80. The molecule has 1 aliphatic rings. The Hall–Kier alpha value is -1.42. The molecule has 2 heterocycles. The van der Waals surface area contributed by atoms with Crippen LogP contribution in [0.2, 0.25) is 0 Å². The van der Waals surface area contributed by atoms with Gasteiger partial charge in [0, 0.05) is 31.7 Å². The summed E-state index contributed by atoms with van der Waals surface area (Å²) in [7, 11) is 1.58. The summed E-state index contributed by atoms with van der Waals surface area (Å²) in [6, 6.07) is 3.67. The first kappa shape index (κ1) is 13.0. The van der Waals surface area contributed by atoms with E-state index < -0.39 is 0 Å². The number of hydrogen-bond acceptors (Lipinski definition) is 4. The van der Waals surface area contributed by atoms with E-state index in [2.05, 4.69) is 4.98 Å². The third kappa shape index (κ3) is 3.81. The van der Waals surface area contributed by atoms with Crippen molar-refractivity contribution in [1.82, 2.24) is 4.98 Å². The van der Waals surface area contributed by atoms with Crippen molar-refractivity contribution in [2.75, 3.05) is 13.7 Å². The van der Waals surface area contributed by atoms with E-state index in [9.17, 15) is 4.79 Å². The first-order valence-corrected chi connectivity index (χ1v) is 6.40. The van der Waals surface area contributed by atoms with Gasteiger partial charge >= 0.3 is 0 Å². The lowest BCUT2D eigenvalue weighted by atomic mass is 10.0. The van der Waals surface area contributed by atoms with Gasteiger partial charge in [0.2, 0.25) is 5.88 Å². The van der Waals surface area contributed by atoms with E-state index in [1.165, 1.54) is 0 Å². The van der Waals surface area contributed by atoms with Gasteiger partial charge in [-0.05, 0) is 24.8 Å². The van der Waals surface area contributed by atoms with E-state index in [4.69, 9.17) is 9.47 Å². The maximum absolute atomic E-state index is 11.8.